The van der Waals surface area contributed by atoms with E-state index in [1.54, 1.807) is 16.8 Å². The van der Waals surface area contributed by atoms with Gasteiger partial charge in [0.2, 0.25) is 0 Å². The maximum absolute atomic E-state index is 14.0. The largest absolute Gasteiger partial charge is 0.227 e. The van der Waals surface area contributed by atoms with Crippen LogP contribution in [0, 0.1) is 11.6 Å². The van der Waals surface area contributed by atoms with E-state index in [2.05, 4.69) is 10.1 Å². The molecule has 20 heavy (non-hydrogen) atoms. The number of halogens is 2. The van der Waals surface area contributed by atoms with Crippen LogP contribution in [0.3, 0.4) is 0 Å². The van der Waals surface area contributed by atoms with Crippen LogP contribution in [0.15, 0.2) is 36.5 Å². The van der Waals surface area contributed by atoms with Crippen molar-refractivity contribution in [3.63, 3.8) is 0 Å². The van der Waals surface area contributed by atoms with Crippen molar-refractivity contribution < 1.29 is 8.78 Å². The van der Waals surface area contributed by atoms with Crippen molar-refractivity contribution in [2.45, 2.75) is 19.8 Å². The van der Waals surface area contributed by atoms with Gasteiger partial charge in [-0.2, -0.15) is 5.10 Å². The first-order chi connectivity index (χ1) is 9.58. The van der Waals surface area contributed by atoms with Crippen molar-refractivity contribution in [3.05, 3.63) is 53.9 Å². The van der Waals surface area contributed by atoms with Crippen LogP contribution in [0.5, 0.6) is 0 Å². The van der Waals surface area contributed by atoms with Gasteiger partial charge in [-0.1, -0.05) is 13.8 Å². The smallest absolute Gasteiger partial charge is 0.154 e. The molecular weight excluding hydrogens is 260 g/mol. The zero-order valence-corrected chi connectivity index (χ0v) is 11.1. The van der Waals surface area contributed by atoms with E-state index in [1.807, 2.05) is 19.9 Å². The third-order valence-electron chi connectivity index (χ3n) is 3.16. The first-order valence-electron chi connectivity index (χ1n) is 6.37. The van der Waals surface area contributed by atoms with E-state index in [1.165, 1.54) is 12.1 Å². The van der Waals surface area contributed by atoms with Crippen molar-refractivity contribution in [3.8, 4) is 11.3 Å². The van der Waals surface area contributed by atoms with Crippen LogP contribution in [0.1, 0.15) is 25.5 Å². The summed E-state index contributed by atoms with van der Waals surface area (Å²) in [5, 5.41) is 4.25. The minimum absolute atomic E-state index is 0.111. The van der Waals surface area contributed by atoms with Crippen LogP contribution in [-0.4, -0.2) is 14.6 Å². The maximum Gasteiger partial charge on any atom is 0.154 e. The Bertz CT molecular complexity index is 778. The molecule has 0 atom stereocenters. The average Bonchev–Trinajstić information content (AvgIpc) is 2.77. The lowest BCUT2D eigenvalue weighted by Crippen LogP contribution is -2.00. The second-order valence-electron chi connectivity index (χ2n) is 4.92. The Labute approximate surface area is 114 Å². The summed E-state index contributed by atoms with van der Waals surface area (Å²) in [7, 11) is 0. The number of hydrogen-bond acceptors (Lipinski definition) is 2. The first kappa shape index (κ1) is 12.7. The van der Waals surface area contributed by atoms with Gasteiger partial charge in [-0.3, -0.25) is 0 Å². The number of rotatable bonds is 2. The molecule has 5 heteroatoms. The summed E-state index contributed by atoms with van der Waals surface area (Å²) in [5.74, 6) is -1.10. The van der Waals surface area contributed by atoms with Crippen molar-refractivity contribution in [2.75, 3.05) is 0 Å². The Balaban J connectivity index is 2.32. The van der Waals surface area contributed by atoms with Gasteiger partial charge >= 0.3 is 0 Å². The lowest BCUT2D eigenvalue weighted by molar-refractivity contribution is 0.585. The van der Waals surface area contributed by atoms with E-state index in [4.69, 9.17) is 0 Å². The number of benzene rings is 1. The summed E-state index contributed by atoms with van der Waals surface area (Å²) in [6, 6.07) is 7.11. The number of imidazole rings is 1. The molecule has 3 nitrogen and oxygen atoms in total. The highest BCUT2D eigenvalue weighted by Crippen LogP contribution is 2.31. The van der Waals surface area contributed by atoms with Gasteiger partial charge in [0.25, 0.3) is 0 Å². The molecule has 1 aromatic carbocycles. The first-order valence-corrected chi connectivity index (χ1v) is 6.37. The van der Waals surface area contributed by atoms with Crippen molar-refractivity contribution in [2.24, 2.45) is 0 Å². The molecular formula is C15H13F2N3. The van der Waals surface area contributed by atoms with Gasteiger partial charge in [-0.15, -0.1) is 0 Å². The molecule has 0 radical (unpaired) electrons. The Morgan fingerprint density at radius 2 is 1.95 bits per heavy atom. The molecule has 0 unspecified atom stereocenters. The van der Waals surface area contributed by atoms with Gasteiger partial charge in [0.15, 0.2) is 5.65 Å². The van der Waals surface area contributed by atoms with Gasteiger partial charge in [0, 0.05) is 17.8 Å². The third kappa shape index (κ3) is 1.95. The van der Waals surface area contributed by atoms with E-state index >= 15 is 0 Å². The van der Waals surface area contributed by atoms with Gasteiger partial charge in [-0.25, -0.2) is 18.3 Å². The van der Waals surface area contributed by atoms with Crippen LogP contribution < -0.4 is 0 Å². The number of hydrogen-bond donors (Lipinski definition) is 0. The highest BCUT2D eigenvalue weighted by molar-refractivity contribution is 5.67. The molecule has 0 fully saturated rings. The van der Waals surface area contributed by atoms with Crippen molar-refractivity contribution in [1.82, 2.24) is 14.6 Å². The van der Waals surface area contributed by atoms with E-state index in [-0.39, 0.29) is 5.92 Å². The molecule has 0 amide bonds. The molecule has 0 aliphatic heterocycles. The molecule has 3 aromatic rings. The van der Waals surface area contributed by atoms with Gasteiger partial charge in [0.1, 0.15) is 11.6 Å². The van der Waals surface area contributed by atoms with E-state index < -0.39 is 11.6 Å². The van der Waals surface area contributed by atoms with Crippen LogP contribution >= 0.6 is 0 Å². The summed E-state index contributed by atoms with van der Waals surface area (Å²) in [5.41, 5.74) is 2.26. The predicted octanol–water partition coefficient (Wildman–Crippen LogP) is 3.80. The number of fused-ring (bicyclic) bond motifs is 1. The standard InChI is InChI=1S/C15H13F2N3/c1-9(2)15-14(11-6-5-10(16)8-12(11)17)19-13-4-3-7-18-20(13)15/h3-9H,1-2H3. The SMILES string of the molecule is CC(C)c1c(-c2ccc(F)cc2F)nc2cccnn12. The molecule has 3 rings (SSSR count). The fraction of sp³-hybridized carbons (Fsp3) is 0.200. The normalized spacial score (nSPS) is 11.4. The quantitative estimate of drug-likeness (QED) is 0.711. The minimum Gasteiger partial charge on any atom is -0.227 e. The second kappa shape index (κ2) is 4.67. The second-order valence-corrected chi connectivity index (χ2v) is 4.92. The van der Waals surface area contributed by atoms with Crippen LogP contribution in [0.25, 0.3) is 16.9 Å². The summed E-state index contributed by atoms with van der Waals surface area (Å²) < 4.78 is 28.7. The maximum atomic E-state index is 14.0. The highest BCUT2D eigenvalue weighted by Gasteiger charge is 2.20. The van der Waals surface area contributed by atoms with Crippen molar-refractivity contribution >= 4 is 5.65 Å². The molecule has 2 aromatic heterocycles. The molecule has 0 bridgehead atoms. The molecule has 102 valence electrons. The lowest BCUT2D eigenvalue weighted by Gasteiger charge is -2.08. The minimum atomic E-state index is -0.615. The third-order valence-corrected chi connectivity index (χ3v) is 3.16. The lowest BCUT2D eigenvalue weighted by atomic mass is 10.0. The van der Waals surface area contributed by atoms with Crippen LogP contribution in [0.4, 0.5) is 8.78 Å². The van der Waals surface area contributed by atoms with Crippen molar-refractivity contribution in [1.29, 1.82) is 0 Å². The summed E-state index contributed by atoms with van der Waals surface area (Å²) in [6.07, 6.45) is 1.66. The molecule has 0 aliphatic rings. The van der Waals surface area contributed by atoms with Crippen LogP contribution in [0.2, 0.25) is 0 Å². The Morgan fingerprint density at radius 1 is 1.15 bits per heavy atom. The molecule has 0 spiro atoms. The average molecular weight is 273 g/mol. The molecule has 0 saturated carbocycles. The monoisotopic (exact) mass is 273 g/mol. The van der Waals surface area contributed by atoms with Gasteiger partial charge < -0.3 is 0 Å². The topological polar surface area (TPSA) is 30.2 Å². The van der Waals surface area contributed by atoms with Gasteiger partial charge in [0.05, 0.1) is 11.4 Å². The Morgan fingerprint density at radius 3 is 2.65 bits per heavy atom. The summed E-state index contributed by atoms with van der Waals surface area (Å²) >= 11 is 0. The molecule has 0 N–H and O–H groups in total. The van der Waals surface area contributed by atoms with E-state index in [0.717, 1.165) is 11.8 Å². The summed E-state index contributed by atoms with van der Waals surface area (Å²) in [4.78, 5) is 4.43. The number of nitrogens with zero attached hydrogens (tertiary/aromatic N) is 3. The van der Waals surface area contributed by atoms with Crippen LogP contribution in [-0.2, 0) is 0 Å². The Kier molecular flexibility index (Phi) is 2.97. The fourth-order valence-electron chi connectivity index (χ4n) is 2.30. The summed E-state index contributed by atoms with van der Waals surface area (Å²) in [6.45, 7) is 3.98. The fourth-order valence-corrected chi connectivity index (χ4v) is 2.30. The van der Waals surface area contributed by atoms with Gasteiger partial charge in [-0.05, 0) is 30.2 Å². The molecule has 0 aliphatic carbocycles. The zero-order chi connectivity index (χ0) is 14.3. The molecule has 0 saturated heterocycles. The van der Waals surface area contributed by atoms with E-state index in [9.17, 15) is 8.78 Å². The Hall–Kier alpha value is -2.30. The predicted molar refractivity (Wildman–Crippen MR) is 72.4 cm³/mol. The highest BCUT2D eigenvalue weighted by atomic mass is 19.1. The number of aromatic nitrogens is 3. The van der Waals surface area contributed by atoms with E-state index in [0.29, 0.717) is 16.9 Å². The zero-order valence-electron chi connectivity index (χ0n) is 11.1. The molecule has 2 heterocycles.